The third kappa shape index (κ3) is 2.43. The fourth-order valence-corrected chi connectivity index (χ4v) is 1.68. The molecule has 2 heterocycles. The fourth-order valence-electron chi connectivity index (χ4n) is 1.68. The van der Waals surface area contributed by atoms with Crippen LogP contribution in [0.4, 0.5) is 4.79 Å². The molecule has 0 saturated carbocycles. The standard InChI is InChI=1S/C10H12N2O5/c1-6(9-11-5-8(14)17-9)4-7(13)12-2-3-16-10(12)15/h5-6,9H,2-4H2,1H3/t6-,9-/m1/s1. The molecule has 2 aliphatic rings. The van der Waals surface area contributed by atoms with Crippen LogP contribution in [0.25, 0.3) is 0 Å². The van der Waals surface area contributed by atoms with Crippen LogP contribution in [0.15, 0.2) is 4.99 Å². The summed E-state index contributed by atoms with van der Waals surface area (Å²) in [6.07, 6.45) is -0.0700. The summed E-state index contributed by atoms with van der Waals surface area (Å²) < 4.78 is 9.53. The maximum Gasteiger partial charge on any atom is 0.416 e. The highest BCUT2D eigenvalue weighted by Crippen LogP contribution is 2.18. The Hall–Kier alpha value is -1.92. The summed E-state index contributed by atoms with van der Waals surface area (Å²) in [5.74, 6) is -1.10. The highest BCUT2D eigenvalue weighted by atomic mass is 16.6. The molecule has 0 spiro atoms. The molecule has 17 heavy (non-hydrogen) atoms. The molecule has 0 aromatic carbocycles. The topological polar surface area (TPSA) is 85.3 Å². The highest BCUT2D eigenvalue weighted by molar-refractivity contribution is 6.24. The molecule has 0 aromatic rings. The smallest absolute Gasteiger partial charge is 0.416 e. The lowest BCUT2D eigenvalue weighted by atomic mass is 10.1. The molecule has 0 bridgehead atoms. The van der Waals surface area contributed by atoms with Gasteiger partial charge in [-0.3, -0.25) is 4.79 Å². The molecule has 0 N–H and O–H groups in total. The van der Waals surface area contributed by atoms with Gasteiger partial charge in [0.2, 0.25) is 5.91 Å². The van der Waals surface area contributed by atoms with Crippen LogP contribution in [0.5, 0.6) is 0 Å². The largest absolute Gasteiger partial charge is 0.447 e. The Morgan fingerprint density at radius 1 is 1.65 bits per heavy atom. The average Bonchev–Trinajstić information content (AvgIpc) is 2.86. The zero-order valence-corrected chi connectivity index (χ0v) is 9.29. The minimum atomic E-state index is -0.634. The number of carbonyl (C=O) groups excluding carboxylic acids is 3. The number of hydrogen-bond donors (Lipinski definition) is 0. The Balaban J connectivity index is 1.88. The first kappa shape index (κ1) is 11.6. The summed E-state index contributed by atoms with van der Waals surface area (Å²) in [4.78, 5) is 38.6. The molecule has 2 amide bonds. The van der Waals surface area contributed by atoms with E-state index in [4.69, 9.17) is 4.74 Å². The van der Waals surface area contributed by atoms with Crippen molar-refractivity contribution in [1.29, 1.82) is 0 Å². The van der Waals surface area contributed by atoms with Gasteiger partial charge >= 0.3 is 12.1 Å². The molecule has 1 saturated heterocycles. The van der Waals surface area contributed by atoms with E-state index in [9.17, 15) is 14.4 Å². The van der Waals surface area contributed by atoms with Crippen molar-refractivity contribution >= 4 is 24.2 Å². The van der Waals surface area contributed by atoms with Gasteiger partial charge in [-0.15, -0.1) is 0 Å². The molecule has 2 atom stereocenters. The van der Waals surface area contributed by atoms with E-state index in [1.54, 1.807) is 6.92 Å². The summed E-state index contributed by atoms with van der Waals surface area (Å²) in [6, 6.07) is 0. The van der Waals surface area contributed by atoms with E-state index in [1.165, 1.54) is 0 Å². The number of nitrogens with zero attached hydrogens (tertiary/aromatic N) is 2. The van der Waals surface area contributed by atoms with Crippen LogP contribution in [0.2, 0.25) is 0 Å². The summed E-state index contributed by atoms with van der Waals surface area (Å²) in [5, 5.41) is 0. The number of esters is 1. The molecule has 2 aliphatic heterocycles. The Labute approximate surface area is 97.4 Å². The zero-order valence-electron chi connectivity index (χ0n) is 9.29. The van der Waals surface area contributed by atoms with Gasteiger partial charge in [0, 0.05) is 12.3 Å². The van der Waals surface area contributed by atoms with Gasteiger partial charge < -0.3 is 9.47 Å². The van der Waals surface area contributed by atoms with Crippen molar-refractivity contribution in [2.24, 2.45) is 10.9 Å². The molecule has 0 unspecified atom stereocenters. The van der Waals surface area contributed by atoms with Gasteiger partial charge in [0.25, 0.3) is 0 Å². The molecule has 7 nitrogen and oxygen atoms in total. The number of hydrogen-bond acceptors (Lipinski definition) is 6. The minimum absolute atomic E-state index is 0.0877. The highest BCUT2D eigenvalue weighted by Gasteiger charge is 2.32. The Morgan fingerprint density at radius 3 is 2.94 bits per heavy atom. The third-order valence-electron chi connectivity index (χ3n) is 2.61. The van der Waals surface area contributed by atoms with E-state index >= 15 is 0 Å². The van der Waals surface area contributed by atoms with E-state index in [2.05, 4.69) is 9.73 Å². The number of ether oxygens (including phenoxy) is 2. The summed E-state index contributed by atoms with van der Waals surface area (Å²) in [5.41, 5.74) is 0. The molecule has 2 rings (SSSR count). The first-order valence-electron chi connectivity index (χ1n) is 5.29. The van der Waals surface area contributed by atoms with Gasteiger partial charge in [0.1, 0.15) is 12.8 Å². The van der Waals surface area contributed by atoms with Crippen molar-refractivity contribution in [3.8, 4) is 0 Å². The maximum absolute atomic E-state index is 11.7. The summed E-state index contributed by atoms with van der Waals surface area (Å²) in [7, 11) is 0. The van der Waals surface area contributed by atoms with Gasteiger partial charge in [-0.1, -0.05) is 6.92 Å². The molecule has 7 heteroatoms. The fraction of sp³-hybridized carbons (Fsp3) is 0.600. The van der Waals surface area contributed by atoms with Crippen molar-refractivity contribution in [2.75, 3.05) is 13.2 Å². The molecule has 0 aromatic heterocycles. The van der Waals surface area contributed by atoms with Crippen LogP contribution in [0, 0.1) is 5.92 Å². The Bertz CT molecular complexity index is 392. The van der Waals surface area contributed by atoms with Gasteiger partial charge in [-0.05, 0) is 0 Å². The van der Waals surface area contributed by atoms with Crippen molar-refractivity contribution < 1.29 is 23.9 Å². The number of rotatable bonds is 3. The minimum Gasteiger partial charge on any atom is -0.447 e. The molecule has 0 aliphatic carbocycles. The van der Waals surface area contributed by atoms with Crippen LogP contribution in [-0.4, -0.2) is 48.5 Å². The average molecular weight is 240 g/mol. The number of aliphatic imine (C=N–C) groups is 1. The van der Waals surface area contributed by atoms with Crippen molar-refractivity contribution in [1.82, 2.24) is 4.90 Å². The van der Waals surface area contributed by atoms with Crippen molar-refractivity contribution in [2.45, 2.75) is 19.6 Å². The van der Waals surface area contributed by atoms with Crippen molar-refractivity contribution in [3.63, 3.8) is 0 Å². The SMILES string of the molecule is C[C@H](CC(=O)N1CCOC1=O)[C@@H]1N=CC(=O)O1. The quantitative estimate of drug-likeness (QED) is 0.645. The van der Waals surface area contributed by atoms with Crippen LogP contribution < -0.4 is 0 Å². The van der Waals surface area contributed by atoms with Crippen molar-refractivity contribution in [3.05, 3.63) is 0 Å². The second kappa shape index (κ2) is 4.52. The lowest BCUT2D eigenvalue weighted by molar-refractivity contribution is -0.141. The number of imide groups is 1. The normalized spacial score (nSPS) is 24.8. The predicted molar refractivity (Wildman–Crippen MR) is 55.2 cm³/mol. The molecule has 92 valence electrons. The van der Waals surface area contributed by atoms with E-state index in [0.29, 0.717) is 0 Å². The molecule has 1 fully saturated rings. The van der Waals surface area contributed by atoms with Crippen LogP contribution in [0.1, 0.15) is 13.3 Å². The first-order valence-corrected chi connectivity index (χ1v) is 5.29. The maximum atomic E-state index is 11.7. The lowest BCUT2D eigenvalue weighted by Gasteiger charge is -2.17. The molecular formula is C10H12N2O5. The Kier molecular flexibility index (Phi) is 3.08. The van der Waals surface area contributed by atoms with Crippen LogP contribution in [-0.2, 0) is 19.1 Å². The van der Waals surface area contributed by atoms with E-state index in [1.807, 2.05) is 0 Å². The predicted octanol–water partition coefficient (Wildman–Crippen LogP) is -0.0549. The number of carbonyl (C=O) groups is 3. The summed E-state index contributed by atoms with van der Waals surface area (Å²) in [6.45, 7) is 2.24. The Morgan fingerprint density at radius 2 is 2.41 bits per heavy atom. The van der Waals surface area contributed by atoms with Crippen LogP contribution >= 0.6 is 0 Å². The molecular weight excluding hydrogens is 228 g/mol. The van der Waals surface area contributed by atoms with Gasteiger partial charge in [0.15, 0.2) is 6.23 Å². The van der Waals surface area contributed by atoms with E-state index in [-0.39, 0.29) is 31.4 Å². The lowest BCUT2D eigenvalue weighted by Crippen LogP contribution is -2.34. The van der Waals surface area contributed by atoms with Gasteiger partial charge in [0.05, 0.1) is 6.54 Å². The zero-order chi connectivity index (χ0) is 12.4. The summed E-state index contributed by atoms with van der Waals surface area (Å²) >= 11 is 0. The second-order valence-corrected chi connectivity index (χ2v) is 3.95. The van der Waals surface area contributed by atoms with E-state index < -0.39 is 18.3 Å². The monoisotopic (exact) mass is 240 g/mol. The third-order valence-corrected chi connectivity index (χ3v) is 2.61. The van der Waals surface area contributed by atoms with Gasteiger partial charge in [-0.25, -0.2) is 19.5 Å². The first-order chi connectivity index (χ1) is 8.08. The van der Waals surface area contributed by atoms with E-state index in [0.717, 1.165) is 11.1 Å². The van der Waals surface area contributed by atoms with Crippen LogP contribution in [0.3, 0.4) is 0 Å². The number of amides is 2. The molecule has 0 radical (unpaired) electrons. The van der Waals surface area contributed by atoms with Gasteiger partial charge in [-0.2, -0.15) is 0 Å². The second-order valence-electron chi connectivity index (χ2n) is 3.95. The number of cyclic esters (lactones) is 2.